The van der Waals surface area contributed by atoms with Gasteiger partial charge in [0.05, 0.1) is 23.7 Å². The Morgan fingerprint density at radius 1 is 1.11 bits per heavy atom. The Kier molecular flexibility index (Phi) is 7.98. The van der Waals surface area contributed by atoms with Crippen LogP contribution in [0.1, 0.15) is 36.3 Å². The second-order valence-corrected chi connectivity index (χ2v) is 10.8. The Bertz CT molecular complexity index is 1230. The zero-order valence-electron chi connectivity index (χ0n) is 20.3. The van der Waals surface area contributed by atoms with E-state index in [1.54, 1.807) is 13.8 Å². The molecule has 0 spiro atoms. The zero-order valence-corrected chi connectivity index (χ0v) is 21.1. The average molecular weight is 540 g/mol. The first kappa shape index (κ1) is 27.6. The molecule has 0 unspecified atom stereocenters. The van der Waals surface area contributed by atoms with Gasteiger partial charge in [0.15, 0.2) is 17.5 Å². The molecule has 0 amide bonds. The van der Waals surface area contributed by atoms with Gasteiger partial charge in [0.1, 0.15) is 35.5 Å². The monoisotopic (exact) mass is 539 g/mol. The van der Waals surface area contributed by atoms with Crippen molar-refractivity contribution in [3.05, 3.63) is 71.2 Å². The van der Waals surface area contributed by atoms with Gasteiger partial charge >= 0.3 is 0 Å². The average Bonchev–Trinajstić information content (AvgIpc) is 3.31. The second-order valence-electron chi connectivity index (χ2n) is 9.56. The van der Waals surface area contributed by atoms with Gasteiger partial charge in [-0.15, -0.1) is 16.9 Å². The Morgan fingerprint density at radius 2 is 1.76 bits per heavy atom. The lowest BCUT2D eigenvalue weighted by molar-refractivity contribution is -0.179. The lowest BCUT2D eigenvalue weighted by Crippen LogP contribution is -2.55. The molecule has 1 aliphatic heterocycles. The van der Waals surface area contributed by atoms with Gasteiger partial charge in [0.25, 0.3) is 0 Å². The molecule has 0 saturated carbocycles. The van der Waals surface area contributed by atoms with Crippen molar-refractivity contribution >= 4 is 11.8 Å². The van der Waals surface area contributed by atoms with Crippen molar-refractivity contribution in [2.45, 2.75) is 61.4 Å². The molecule has 3 aromatic rings. The highest BCUT2D eigenvalue weighted by molar-refractivity contribution is 8.00. The zero-order chi connectivity index (χ0) is 27.1. The molecule has 6 atom stereocenters. The number of aromatic nitrogens is 3. The number of hydrogen-bond donors (Lipinski definition) is 4. The molecule has 37 heavy (non-hydrogen) atoms. The van der Waals surface area contributed by atoms with E-state index in [1.165, 1.54) is 6.20 Å². The highest BCUT2D eigenvalue weighted by atomic mass is 32.2. The van der Waals surface area contributed by atoms with Crippen molar-refractivity contribution in [1.82, 2.24) is 15.0 Å². The summed E-state index contributed by atoms with van der Waals surface area (Å²) < 4.78 is 47.8. The van der Waals surface area contributed by atoms with E-state index in [9.17, 15) is 33.6 Å². The van der Waals surface area contributed by atoms with Gasteiger partial charge in [-0.3, -0.25) is 0 Å². The van der Waals surface area contributed by atoms with Crippen molar-refractivity contribution in [3.63, 3.8) is 0 Å². The van der Waals surface area contributed by atoms with Crippen LogP contribution < -0.4 is 0 Å². The number of aliphatic hydroxyl groups is 4. The standard InChI is InChI=1S/C25H28F3N3O5S/c1-12-6-4-5-7-14(12)23(25(2,3)35)37-24-22(34)20(21(33)18(11-32)36-24)31-10-17(29-30-31)13-8-15(26)19(28)16(27)9-13/h4-10,18,20-24,32-35H,11H2,1-3H3/t18-,20+,21+,22-,23+,24+/m1/s1. The first-order chi connectivity index (χ1) is 17.4. The first-order valence-electron chi connectivity index (χ1n) is 11.5. The number of thioether (sulfide) groups is 1. The van der Waals surface area contributed by atoms with Crippen LogP contribution in [0.4, 0.5) is 13.2 Å². The molecule has 0 radical (unpaired) electrons. The third-order valence-corrected chi connectivity index (χ3v) is 8.09. The molecule has 1 aliphatic rings. The molecule has 200 valence electrons. The number of aryl methyl sites for hydroxylation is 1. The minimum atomic E-state index is -1.62. The maximum Gasteiger partial charge on any atom is 0.194 e. The van der Waals surface area contributed by atoms with Gasteiger partial charge in [-0.25, -0.2) is 17.9 Å². The van der Waals surface area contributed by atoms with E-state index in [1.807, 2.05) is 31.2 Å². The summed E-state index contributed by atoms with van der Waals surface area (Å²) in [5, 5.41) is 50.2. The molecule has 4 N–H and O–H groups in total. The summed E-state index contributed by atoms with van der Waals surface area (Å²) in [4.78, 5) is 0. The molecular weight excluding hydrogens is 511 g/mol. The lowest BCUT2D eigenvalue weighted by Gasteiger charge is -2.44. The van der Waals surface area contributed by atoms with Crippen LogP contribution in [0.25, 0.3) is 11.3 Å². The Hall–Kier alpha value is -2.48. The third kappa shape index (κ3) is 5.54. The van der Waals surface area contributed by atoms with Crippen molar-refractivity contribution in [3.8, 4) is 11.3 Å². The summed E-state index contributed by atoms with van der Waals surface area (Å²) in [5.74, 6) is -4.42. The fraction of sp³-hybridized carbons (Fsp3) is 0.440. The minimum Gasteiger partial charge on any atom is -0.394 e. The molecule has 2 heterocycles. The van der Waals surface area contributed by atoms with E-state index in [2.05, 4.69) is 10.3 Å². The molecule has 1 aromatic heterocycles. The molecule has 1 fully saturated rings. The highest BCUT2D eigenvalue weighted by Crippen LogP contribution is 2.46. The van der Waals surface area contributed by atoms with Crippen LogP contribution in [-0.2, 0) is 4.74 Å². The van der Waals surface area contributed by atoms with Crippen LogP contribution >= 0.6 is 11.8 Å². The maximum absolute atomic E-state index is 13.7. The Balaban J connectivity index is 1.67. The summed E-state index contributed by atoms with van der Waals surface area (Å²) in [7, 11) is 0. The normalized spacial score (nSPS) is 25.3. The van der Waals surface area contributed by atoms with Gasteiger partial charge in [-0.1, -0.05) is 29.5 Å². The van der Waals surface area contributed by atoms with Crippen molar-refractivity contribution in [1.29, 1.82) is 0 Å². The predicted molar refractivity (Wildman–Crippen MR) is 130 cm³/mol. The molecule has 8 nitrogen and oxygen atoms in total. The predicted octanol–water partition coefficient (Wildman–Crippen LogP) is 2.90. The fourth-order valence-corrected chi connectivity index (χ4v) is 5.93. The molecule has 0 aliphatic carbocycles. The molecule has 12 heteroatoms. The van der Waals surface area contributed by atoms with Crippen LogP contribution in [0.2, 0.25) is 0 Å². The van der Waals surface area contributed by atoms with Crippen LogP contribution in [-0.4, -0.2) is 71.4 Å². The Labute approximate surface area is 215 Å². The molecular formula is C25H28F3N3O5S. The number of benzene rings is 2. The molecule has 4 rings (SSSR count). The van der Waals surface area contributed by atoms with Crippen molar-refractivity contribution in [2.24, 2.45) is 0 Å². The number of hydrogen-bond acceptors (Lipinski definition) is 8. The summed E-state index contributed by atoms with van der Waals surface area (Å²) in [6.45, 7) is 4.59. The van der Waals surface area contributed by atoms with Crippen LogP contribution in [0.3, 0.4) is 0 Å². The summed E-state index contributed by atoms with van der Waals surface area (Å²) in [6, 6.07) is 7.81. The van der Waals surface area contributed by atoms with Crippen LogP contribution in [0, 0.1) is 24.4 Å². The Morgan fingerprint density at radius 3 is 2.35 bits per heavy atom. The number of nitrogens with zero attached hydrogens (tertiary/aromatic N) is 3. The van der Waals surface area contributed by atoms with E-state index >= 15 is 0 Å². The van der Waals surface area contributed by atoms with Crippen molar-refractivity contribution < 1.29 is 38.3 Å². The third-order valence-electron chi connectivity index (χ3n) is 6.33. The van der Waals surface area contributed by atoms with Gasteiger partial charge in [0, 0.05) is 5.56 Å². The second kappa shape index (κ2) is 10.7. The SMILES string of the molecule is Cc1ccccc1[C@H](S[C@@H]1O[C@H](CO)[C@H](O)[C@H](n2cc(-c3cc(F)c(F)c(F)c3)nn2)[C@H]1O)C(C)(C)O. The largest absolute Gasteiger partial charge is 0.394 e. The minimum absolute atomic E-state index is 0.0253. The lowest BCUT2D eigenvalue weighted by atomic mass is 9.94. The maximum atomic E-state index is 13.7. The van der Waals surface area contributed by atoms with Crippen LogP contribution in [0.5, 0.6) is 0 Å². The van der Waals surface area contributed by atoms with Crippen molar-refractivity contribution in [2.75, 3.05) is 6.61 Å². The summed E-state index contributed by atoms with van der Waals surface area (Å²) >= 11 is 1.13. The van der Waals surface area contributed by atoms with E-state index in [4.69, 9.17) is 4.74 Å². The fourth-order valence-electron chi connectivity index (χ4n) is 4.39. The van der Waals surface area contributed by atoms with Gasteiger partial charge in [-0.05, 0) is 44.0 Å². The number of halogens is 3. The molecule has 1 saturated heterocycles. The molecule has 0 bridgehead atoms. The first-order valence-corrected chi connectivity index (χ1v) is 12.5. The molecule has 2 aromatic carbocycles. The van der Waals surface area contributed by atoms with E-state index in [-0.39, 0.29) is 11.3 Å². The number of aliphatic hydroxyl groups excluding tert-OH is 3. The van der Waals surface area contributed by atoms with E-state index < -0.39 is 64.7 Å². The summed E-state index contributed by atoms with van der Waals surface area (Å²) in [6.07, 6.45) is -2.68. The van der Waals surface area contributed by atoms with Gasteiger partial charge in [0.2, 0.25) is 0 Å². The number of rotatable bonds is 7. The van der Waals surface area contributed by atoms with E-state index in [0.717, 1.165) is 39.7 Å². The van der Waals surface area contributed by atoms with E-state index in [0.29, 0.717) is 0 Å². The number of ether oxygens (including phenoxy) is 1. The van der Waals surface area contributed by atoms with Crippen LogP contribution in [0.15, 0.2) is 42.6 Å². The van der Waals surface area contributed by atoms with Gasteiger partial charge in [-0.2, -0.15) is 0 Å². The highest BCUT2D eigenvalue weighted by Gasteiger charge is 2.48. The summed E-state index contributed by atoms with van der Waals surface area (Å²) in [5.41, 5.74) is -0.635. The topological polar surface area (TPSA) is 121 Å². The smallest absolute Gasteiger partial charge is 0.194 e. The van der Waals surface area contributed by atoms with Gasteiger partial charge < -0.3 is 25.2 Å². The quantitative estimate of drug-likeness (QED) is 0.339.